The number of rotatable bonds is 5. The van der Waals surface area contributed by atoms with Crippen molar-refractivity contribution < 1.29 is 22.3 Å². The molecule has 0 unspecified atom stereocenters. The molecule has 8 nitrogen and oxygen atoms in total. The number of hydrogen-bond donors (Lipinski definition) is 1. The zero-order valence-corrected chi connectivity index (χ0v) is 17.2. The first-order chi connectivity index (χ1) is 14.3. The van der Waals surface area contributed by atoms with Gasteiger partial charge in [-0.25, -0.2) is 12.8 Å². The van der Waals surface area contributed by atoms with Gasteiger partial charge in [0.2, 0.25) is 10.0 Å². The van der Waals surface area contributed by atoms with Crippen molar-refractivity contribution in [2.75, 3.05) is 26.7 Å². The number of benzene rings is 1. The second kappa shape index (κ2) is 7.84. The molecule has 1 aromatic heterocycles. The normalized spacial score (nSPS) is 21.0. The predicted octanol–water partition coefficient (Wildman–Crippen LogP) is 0.920. The summed E-state index contributed by atoms with van der Waals surface area (Å²) in [5, 5.41) is 2.35. The number of aromatic nitrogens is 1. The minimum Gasteiger partial charge on any atom is -0.481 e. The molecule has 0 spiro atoms. The fourth-order valence-electron chi connectivity index (χ4n) is 4.17. The Balaban J connectivity index is 1.57. The van der Waals surface area contributed by atoms with E-state index < -0.39 is 21.7 Å². The zero-order chi connectivity index (χ0) is 21.5. The van der Waals surface area contributed by atoms with E-state index in [1.807, 2.05) is 6.07 Å². The minimum atomic E-state index is -3.92. The lowest BCUT2D eigenvalue weighted by Gasteiger charge is -2.42. The summed E-state index contributed by atoms with van der Waals surface area (Å²) in [5.41, 5.74) is 0.760. The number of nitrogens with zero attached hydrogens (tertiary/aromatic N) is 2. The third-order valence-corrected chi connectivity index (χ3v) is 7.45. The van der Waals surface area contributed by atoms with Crippen molar-refractivity contribution in [2.24, 2.45) is 5.92 Å². The molecule has 30 heavy (non-hydrogen) atoms. The number of amides is 1. The summed E-state index contributed by atoms with van der Waals surface area (Å²) < 4.78 is 48.9. The number of carbonyl (C=O) groups excluding carboxylic acids is 1. The fourth-order valence-corrected chi connectivity index (χ4v) is 5.75. The second-order valence-electron chi connectivity index (χ2n) is 7.57. The number of likely N-dealkylation sites (N-methyl/N-ethyl adjacent to an activating group) is 1. The van der Waals surface area contributed by atoms with Crippen LogP contribution in [0.15, 0.2) is 46.1 Å². The van der Waals surface area contributed by atoms with Crippen molar-refractivity contribution >= 4 is 15.9 Å². The molecule has 2 aliphatic heterocycles. The quantitative estimate of drug-likeness (QED) is 0.753. The van der Waals surface area contributed by atoms with Gasteiger partial charge in [-0.1, -0.05) is 6.07 Å². The average Bonchev–Trinajstić information content (AvgIpc) is 2.73. The molecule has 2 aliphatic rings. The van der Waals surface area contributed by atoms with E-state index in [0.717, 1.165) is 18.2 Å². The van der Waals surface area contributed by atoms with Crippen LogP contribution in [-0.4, -0.2) is 49.9 Å². The van der Waals surface area contributed by atoms with E-state index in [4.69, 9.17) is 4.74 Å². The van der Waals surface area contributed by atoms with E-state index in [2.05, 4.69) is 5.32 Å². The maximum absolute atomic E-state index is 14.4. The van der Waals surface area contributed by atoms with Crippen LogP contribution in [0, 0.1) is 11.7 Å². The Morgan fingerprint density at radius 2 is 2.03 bits per heavy atom. The molecule has 3 heterocycles. The smallest absolute Gasteiger partial charge is 0.257 e. The molecule has 1 amide bonds. The number of ether oxygens (including phenoxy) is 1. The lowest BCUT2D eigenvalue weighted by Crippen LogP contribution is -2.49. The summed E-state index contributed by atoms with van der Waals surface area (Å²) in [5.74, 6) is -1.53. The molecule has 2 atom stereocenters. The van der Waals surface area contributed by atoms with Crippen molar-refractivity contribution in [2.45, 2.75) is 23.8 Å². The largest absolute Gasteiger partial charge is 0.481 e. The maximum Gasteiger partial charge on any atom is 0.257 e. The molecular formula is C20H22FN3O5S. The highest BCUT2D eigenvalue weighted by Gasteiger charge is 2.39. The second-order valence-corrected chi connectivity index (χ2v) is 9.51. The summed E-state index contributed by atoms with van der Waals surface area (Å²) in [4.78, 5) is 23.2. The van der Waals surface area contributed by atoms with Gasteiger partial charge in [0.1, 0.15) is 0 Å². The van der Waals surface area contributed by atoms with E-state index in [0.29, 0.717) is 6.54 Å². The third-order valence-electron chi connectivity index (χ3n) is 5.62. The van der Waals surface area contributed by atoms with Crippen LogP contribution < -0.4 is 15.6 Å². The van der Waals surface area contributed by atoms with E-state index in [1.165, 1.54) is 29.6 Å². The van der Waals surface area contributed by atoms with Crippen LogP contribution in [-0.2, 0) is 21.4 Å². The number of pyridine rings is 1. The highest BCUT2D eigenvalue weighted by atomic mass is 32.2. The molecule has 10 heteroatoms. The van der Waals surface area contributed by atoms with Gasteiger partial charge in [0.15, 0.2) is 18.2 Å². The molecule has 4 rings (SSSR count). The Labute approximate surface area is 173 Å². The zero-order valence-electron chi connectivity index (χ0n) is 16.4. The molecule has 2 aromatic rings. The van der Waals surface area contributed by atoms with Crippen LogP contribution in [0.3, 0.4) is 0 Å². The summed E-state index contributed by atoms with van der Waals surface area (Å²) in [6.07, 6.45) is 0.816. The van der Waals surface area contributed by atoms with E-state index in [-0.39, 0.29) is 47.7 Å². The monoisotopic (exact) mass is 435 g/mol. The van der Waals surface area contributed by atoms with Gasteiger partial charge in [0.05, 0.1) is 4.90 Å². The first-order valence-corrected chi connectivity index (χ1v) is 11.1. The van der Waals surface area contributed by atoms with Gasteiger partial charge < -0.3 is 14.6 Å². The lowest BCUT2D eigenvalue weighted by molar-refractivity contribution is -0.122. The van der Waals surface area contributed by atoms with Crippen LogP contribution in [0.5, 0.6) is 5.75 Å². The molecule has 160 valence electrons. The Kier molecular flexibility index (Phi) is 5.37. The summed E-state index contributed by atoms with van der Waals surface area (Å²) >= 11 is 0. The molecule has 1 saturated heterocycles. The maximum atomic E-state index is 14.4. The Bertz CT molecular complexity index is 1150. The number of hydrogen-bond acceptors (Lipinski definition) is 5. The van der Waals surface area contributed by atoms with Crippen LogP contribution in [0.25, 0.3) is 0 Å². The third kappa shape index (κ3) is 3.72. The number of carbonyl (C=O) groups is 1. The molecule has 0 saturated carbocycles. The average molecular weight is 435 g/mol. The van der Waals surface area contributed by atoms with Gasteiger partial charge in [-0.15, -0.1) is 0 Å². The SMILES string of the molecule is CNC(=O)COc1ccc(S(=O)(=O)N2C[C@H]3C[C@@H](C2)c2cccc(=O)n2C3)cc1F. The highest BCUT2D eigenvalue weighted by molar-refractivity contribution is 7.89. The van der Waals surface area contributed by atoms with Crippen LogP contribution in [0.4, 0.5) is 4.39 Å². The van der Waals surface area contributed by atoms with Crippen molar-refractivity contribution in [3.63, 3.8) is 0 Å². The topological polar surface area (TPSA) is 97.7 Å². The minimum absolute atomic E-state index is 0.0196. The fraction of sp³-hybridized carbons (Fsp3) is 0.400. The summed E-state index contributed by atoms with van der Waals surface area (Å²) in [6.45, 7) is 0.612. The first kappa shape index (κ1) is 20.5. The van der Waals surface area contributed by atoms with Gasteiger partial charge in [-0.05, 0) is 36.6 Å². The molecule has 1 N–H and O–H groups in total. The van der Waals surface area contributed by atoms with E-state index in [1.54, 1.807) is 10.6 Å². The first-order valence-electron chi connectivity index (χ1n) is 9.62. The molecule has 2 bridgehead atoms. The molecule has 1 aromatic carbocycles. The van der Waals surface area contributed by atoms with Gasteiger partial charge >= 0.3 is 0 Å². The van der Waals surface area contributed by atoms with E-state index in [9.17, 15) is 22.4 Å². The van der Waals surface area contributed by atoms with Crippen molar-refractivity contribution in [3.05, 3.63) is 58.3 Å². The Morgan fingerprint density at radius 1 is 1.23 bits per heavy atom. The summed E-state index contributed by atoms with van der Waals surface area (Å²) in [7, 11) is -2.49. The Hall–Kier alpha value is -2.72. The highest BCUT2D eigenvalue weighted by Crippen LogP contribution is 2.37. The number of sulfonamides is 1. The number of nitrogens with one attached hydrogen (secondary N) is 1. The predicted molar refractivity (Wildman–Crippen MR) is 106 cm³/mol. The van der Waals surface area contributed by atoms with Crippen molar-refractivity contribution in [1.82, 2.24) is 14.2 Å². The summed E-state index contributed by atoms with van der Waals surface area (Å²) in [6, 6.07) is 8.46. The van der Waals surface area contributed by atoms with Crippen LogP contribution >= 0.6 is 0 Å². The molecule has 0 aliphatic carbocycles. The number of fused-ring (bicyclic) bond motifs is 4. The number of piperidine rings is 1. The van der Waals surface area contributed by atoms with Gasteiger partial charge in [-0.2, -0.15) is 4.31 Å². The Morgan fingerprint density at radius 3 is 2.77 bits per heavy atom. The van der Waals surface area contributed by atoms with Gasteiger partial charge in [0, 0.05) is 44.4 Å². The molecule has 0 radical (unpaired) electrons. The van der Waals surface area contributed by atoms with Crippen molar-refractivity contribution in [3.8, 4) is 5.75 Å². The molecular weight excluding hydrogens is 413 g/mol. The van der Waals surface area contributed by atoms with E-state index >= 15 is 0 Å². The number of halogens is 1. The van der Waals surface area contributed by atoms with Crippen molar-refractivity contribution in [1.29, 1.82) is 0 Å². The molecule has 1 fully saturated rings. The van der Waals surface area contributed by atoms with Gasteiger partial charge in [0.25, 0.3) is 11.5 Å². The standard InChI is InChI=1S/C20H22FN3O5S/c1-22-19(25)12-29-18-6-5-15(8-16(18)21)30(27,28)23-9-13-7-14(11-23)17-3-2-4-20(26)24(17)10-13/h2-6,8,13-14H,7,9-12H2,1H3,(H,22,25)/t13-,14+/m1/s1. The van der Waals surface area contributed by atoms with Gasteiger partial charge in [-0.3, -0.25) is 9.59 Å². The lowest BCUT2D eigenvalue weighted by atomic mass is 9.84. The van der Waals surface area contributed by atoms with Crippen LogP contribution in [0.2, 0.25) is 0 Å². The van der Waals surface area contributed by atoms with Crippen LogP contribution in [0.1, 0.15) is 18.0 Å².